The zero-order valence-electron chi connectivity index (χ0n) is 12.7. The lowest BCUT2D eigenvalue weighted by Gasteiger charge is -2.07. The Morgan fingerprint density at radius 1 is 1.21 bits per heavy atom. The molecule has 24 heavy (non-hydrogen) atoms. The van der Waals surface area contributed by atoms with Crippen LogP contribution in [0.2, 0.25) is 0 Å². The van der Waals surface area contributed by atoms with E-state index in [1.165, 1.54) is 0 Å². The van der Waals surface area contributed by atoms with Gasteiger partial charge in [0.15, 0.2) is 27.8 Å². The normalized spacial score (nSPS) is 10.5. The van der Waals surface area contributed by atoms with E-state index in [9.17, 15) is 4.79 Å². The third-order valence-corrected chi connectivity index (χ3v) is 4.14. The molecule has 0 saturated carbocycles. The Balaban J connectivity index is 1.79. The van der Waals surface area contributed by atoms with Crippen molar-refractivity contribution in [3.05, 3.63) is 40.8 Å². The molecule has 0 bridgehead atoms. The van der Waals surface area contributed by atoms with Gasteiger partial charge in [0.1, 0.15) is 0 Å². The van der Waals surface area contributed by atoms with Crippen LogP contribution >= 0.6 is 27.5 Å². The summed E-state index contributed by atoms with van der Waals surface area (Å²) in [5.41, 5.74) is 0.755. The van der Waals surface area contributed by atoms with Gasteiger partial charge >= 0.3 is 0 Å². The van der Waals surface area contributed by atoms with Crippen molar-refractivity contribution in [1.29, 1.82) is 0 Å². The van der Waals surface area contributed by atoms with E-state index in [4.69, 9.17) is 13.9 Å². The summed E-state index contributed by atoms with van der Waals surface area (Å²) in [5.74, 6) is 1.47. The number of ether oxygens (including phenoxy) is 2. The number of halogens is 1. The summed E-state index contributed by atoms with van der Waals surface area (Å²) in [6.07, 6.45) is 0. The second-order valence-corrected chi connectivity index (χ2v) is 6.08. The Bertz CT molecular complexity index is 877. The quantitative estimate of drug-likeness (QED) is 0.688. The first kappa shape index (κ1) is 16.5. The van der Waals surface area contributed by atoms with Gasteiger partial charge in [0.25, 0.3) is 5.91 Å². The molecular formula is C15H12BrN3O4S. The first-order valence-electron chi connectivity index (χ1n) is 6.73. The minimum Gasteiger partial charge on any atom is -0.493 e. The Labute approximate surface area is 149 Å². The highest BCUT2D eigenvalue weighted by Gasteiger charge is 2.15. The third kappa shape index (κ3) is 3.41. The van der Waals surface area contributed by atoms with Gasteiger partial charge in [-0.1, -0.05) is 0 Å². The fraction of sp³-hybridized carbons (Fsp3) is 0.133. The Hall–Kier alpha value is -2.39. The molecular weight excluding hydrogens is 398 g/mol. The Morgan fingerprint density at radius 2 is 2.00 bits per heavy atom. The van der Waals surface area contributed by atoms with E-state index in [0.717, 1.165) is 17.1 Å². The summed E-state index contributed by atoms with van der Waals surface area (Å²) in [5, 5.41) is 3.02. The van der Waals surface area contributed by atoms with Crippen molar-refractivity contribution in [2.45, 2.75) is 0 Å². The molecule has 0 aliphatic heterocycles. The summed E-state index contributed by atoms with van der Waals surface area (Å²) in [7, 11) is 3.13. The molecule has 0 unspecified atom stereocenters. The molecule has 0 aliphatic carbocycles. The van der Waals surface area contributed by atoms with Gasteiger partial charge < -0.3 is 13.9 Å². The molecule has 2 aromatic heterocycles. The van der Waals surface area contributed by atoms with Crippen molar-refractivity contribution in [3.63, 3.8) is 0 Å². The zero-order chi connectivity index (χ0) is 17.1. The highest BCUT2D eigenvalue weighted by atomic mass is 79.9. The van der Waals surface area contributed by atoms with Crippen LogP contribution in [0.15, 0.2) is 39.4 Å². The number of methoxy groups -OCH3 is 2. The van der Waals surface area contributed by atoms with Gasteiger partial charge in [0.2, 0.25) is 5.13 Å². The molecule has 0 saturated heterocycles. The number of carbonyl (C=O) groups is 1. The Morgan fingerprint density at radius 3 is 2.67 bits per heavy atom. The molecule has 7 nitrogen and oxygen atoms in total. The molecule has 3 aromatic rings. The van der Waals surface area contributed by atoms with Gasteiger partial charge in [-0.05, 0) is 46.3 Å². The van der Waals surface area contributed by atoms with E-state index >= 15 is 0 Å². The number of benzene rings is 1. The summed E-state index contributed by atoms with van der Waals surface area (Å²) in [6, 6.07) is 8.57. The number of rotatable bonds is 5. The maximum atomic E-state index is 12.0. The van der Waals surface area contributed by atoms with Crippen molar-refractivity contribution in [3.8, 4) is 22.9 Å². The predicted molar refractivity (Wildman–Crippen MR) is 92.8 cm³/mol. The monoisotopic (exact) mass is 409 g/mol. The minimum absolute atomic E-state index is 0.185. The van der Waals surface area contributed by atoms with Gasteiger partial charge in [-0.2, -0.15) is 9.36 Å². The molecule has 1 aromatic carbocycles. The average molecular weight is 410 g/mol. The number of furan rings is 1. The number of hydrogen-bond acceptors (Lipinski definition) is 7. The lowest BCUT2D eigenvalue weighted by molar-refractivity contribution is 0.0995. The van der Waals surface area contributed by atoms with Crippen molar-refractivity contribution in [2.75, 3.05) is 19.5 Å². The smallest absolute Gasteiger partial charge is 0.293 e. The first-order valence-corrected chi connectivity index (χ1v) is 8.30. The number of nitrogens with one attached hydrogen (secondary N) is 1. The van der Waals surface area contributed by atoms with E-state index in [2.05, 4.69) is 30.6 Å². The van der Waals surface area contributed by atoms with E-state index in [0.29, 0.717) is 27.1 Å². The molecule has 1 N–H and O–H groups in total. The summed E-state index contributed by atoms with van der Waals surface area (Å²) >= 11 is 4.23. The lowest BCUT2D eigenvalue weighted by Crippen LogP contribution is -2.10. The molecule has 2 heterocycles. The zero-order valence-corrected chi connectivity index (χ0v) is 15.1. The largest absolute Gasteiger partial charge is 0.493 e. The van der Waals surface area contributed by atoms with Gasteiger partial charge in [0.05, 0.1) is 14.2 Å². The van der Waals surface area contributed by atoms with Crippen LogP contribution < -0.4 is 14.8 Å². The van der Waals surface area contributed by atoms with E-state index < -0.39 is 5.91 Å². The van der Waals surface area contributed by atoms with Gasteiger partial charge in [-0.3, -0.25) is 10.1 Å². The number of anilines is 1. The molecule has 0 fully saturated rings. The highest BCUT2D eigenvalue weighted by Crippen LogP contribution is 2.32. The van der Waals surface area contributed by atoms with Crippen molar-refractivity contribution in [1.82, 2.24) is 9.36 Å². The van der Waals surface area contributed by atoms with Gasteiger partial charge in [0, 0.05) is 17.1 Å². The minimum atomic E-state index is -0.393. The fourth-order valence-electron chi connectivity index (χ4n) is 1.96. The van der Waals surface area contributed by atoms with Crippen LogP contribution in [0.5, 0.6) is 11.5 Å². The van der Waals surface area contributed by atoms with Crippen molar-refractivity contribution >= 4 is 38.5 Å². The predicted octanol–water partition coefficient (Wildman–Crippen LogP) is 3.83. The maximum Gasteiger partial charge on any atom is 0.293 e. The summed E-state index contributed by atoms with van der Waals surface area (Å²) in [4.78, 5) is 16.3. The molecule has 1 amide bonds. The van der Waals surface area contributed by atoms with E-state index in [-0.39, 0.29) is 5.76 Å². The Kier molecular flexibility index (Phi) is 4.81. The SMILES string of the molecule is COc1ccc(-c2nsc(NC(=O)c3ccc(Br)o3)n2)cc1OC. The summed E-state index contributed by atoms with van der Waals surface area (Å²) in [6.45, 7) is 0. The van der Waals surface area contributed by atoms with Crippen LogP contribution in [0.25, 0.3) is 11.4 Å². The van der Waals surface area contributed by atoms with Gasteiger partial charge in [-0.25, -0.2) is 0 Å². The second kappa shape index (κ2) is 7.02. The molecule has 0 atom stereocenters. The van der Waals surface area contributed by atoms with Crippen LogP contribution in [-0.2, 0) is 0 Å². The van der Waals surface area contributed by atoms with Crippen molar-refractivity contribution in [2.24, 2.45) is 0 Å². The average Bonchev–Trinajstić information content (AvgIpc) is 3.23. The fourth-order valence-corrected chi connectivity index (χ4v) is 2.85. The molecule has 9 heteroatoms. The van der Waals surface area contributed by atoms with Crippen LogP contribution in [0, 0.1) is 0 Å². The molecule has 0 radical (unpaired) electrons. The standard InChI is InChI=1S/C15H12BrN3O4S/c1-21-9-4-3-8(7-11(9)22-2)13-17-15(24-19-13)18-14(20)10-5-6-12(16)23-10/h3-7H,1-2H3,(H,17,18,19,20). The first-order chi connectivity index (χ1) is 11.6. The molecule has 124 valence electrons. The third-order valence-electron chi connectivity index (χ3n) is 3.09. The molecule has 0 spiro atoms. The van der Waals surface area contributed by atoms with Crippen LogP contribution in [0.4, 0.5) is 5.13 Å². The van der Waals surface area contributed by atoms with E-state index in [1.54, 1.807) is 38.5 Å². The topological polar surface area (TPSA) is 86.5 Å². The number of nitrogens with zero attached hydrogens (tertiary/aromatic N) is 2. The molecule has 3 rings (SSSR count). The summed E-state index contributed by atoms with van der Waals surface area (Å²) < 4.78 is 20.4. The van der Waals surface area contributed by atoms with Crippen molar-refractivity contribution < 1.29 is 18.7 Å². The number of amides is 1. The second-order valence-electron chi connectivity index (χ2n) is 4.55. The van der Waals surface area contributed by atoms with Crippen LogP contribution in [0.3, 0.4) is 0 Å². The van der Waals surface area contributed by atoms with Crippen LogP contribution in [0.1, 0.15) is 10.6 Å². The van der Waals surface area contributed by atoms with Gasteiger partial charge in [-0.15, -0.1) is 0 Å². The molecule has 0 aliphatic rings. The van der Waals surface area contributed by atoms with E-state index in [1.807, 2.05) is 6.07 Å². The maximum absolute atomic E-state index is 12.0. The number of carbonyl (C=O) groups excluding carboxylic acids is 1. The number of hydrogen-bond donors (Lipinski definition) is 1. The lowest BCUT2D eigenvalue weighted by atomic mass is 10.2. The highest BCUT2D eigenvalue weighted by molar-refractivity contribution is 9.10. The number of aromatic nitrogens is 2. The van der Waals surface area contributed by atoms with Crippen LogP contribution in [-0.4, -0.2) is 29.5 Å².